The average molecular weight is 353 g/mol. The second kappa shape index (κ2) is 17.7. The molecular weight excluding hydrogens is 312 g/mol. The van der Waals surface area contributed by atoms with Crippen molar-refractivity contribution in [3.05, 3.63) is 12.2 Å². The topological polar surface area (TPSA) is 54.4 Å². The van der Waals surface area contributed by atoms with E-state index in [2.05, 4.69) is 19.1 Å². The molecule has 0 heterocycles. The predicted octanol–water partition coefficient (Wildman–Crippen LogP) is 6.70. The van der Waals surface area contributed by atoms with Crippen molar-refractivity contribution in [3.63, 3.8) is 0 Å². The molecule has 146 valence electrons. The molecule has 1 N–H and O–H groups in total. The zero-order valence-electron chi connectivity index (χ0n) is 16.6. The SMILES string of the molecule is CCCCCCCC/C=C\CCCCCCCCC(C(C)=O)C(=O)O. The molecule has 0 saturated carbocycles. The smallest absolute Gasteiger partial charge is 0.314 e. The number of hydrogen-bond donors (Lipinski definition) is 1. The van der Waals surface area contributed by atoms with Crippen molar-refractivity contribution in [2.24, 2.45) is 5.92 Å². The van der Waals surface area contributed by atoms with Crippen LogP contribution in [0.5, 0.6) is 0 Å². The third-order valence-corrected chi connectivity index (χ3v) is 4.79. The molecule has 0 saturated heterocycles. The van der Waals surface area contributed by atoms with Gasteiger partial charge in [0, 0.05) is 0 Å². The summed E-state index contributed by atoms with van der Waals surface area (Å²) >= 11 is 0. The molecule has 0 aromatic rings. The number of carbonyl (C=O) groups is 2. The number of hydrogen-bond acceptors (Lipinski definition) is 2. The van der Waals surface area contributed by atoms with Crippen LogP contribution >= 0.6 is 0 Å². The second-order valence-electron chi connectivity index (χ2n) is 7.23. The van der Waals surface area contributed by atoms with E-state index >= 15 is 0 Å². The molecule has 0 bridgehead atoms. The lowest BCUT2D eigenvalue weighted by Gasteiger charge is -2.07. The molecule has 3 heteroatoms. The molecule has 3 nitrogen and oxygen atoms in total. The highest BCUT2D eigenvalue weighted by molar-refractivity contribution is 5.96. The molecule has 1 unspecified atom stereocenters. The molecule has 0 radical (unpaired) electrons. The number of carboxylic acids is 1. The van der Waals surface area contributed by atoms with Crippen LogP contribution in [-0.2, 0) is 9.59 Å². The van der Waals surface area contributed by atoms with Gasteiger partial charge in [-0.1, -0.05) is 83.3 Å². The van der Waals surface area contributed by atoms with Crippen molar-refractivity contribution in [2.75, 3.05) is 0 Å². The monoisotopic (exact) mass is 352 g/mol. The Kier molecular flexibility index (Phi) is 16.9. The van der Waals surface area contributed by atoms with Gasteiger partial charge in [-0.05, 0) is 39.0 Å². The lowest BCUT2D eigenvalue weighted by Crippen LogP contribution is -2.21. The number of carbonyl (C=O) groups excluding carboxylic acids is 1. The minimum Gasteiger partial charge on any atom is -0.481 e. The van der Waals surface area contributed by atoms with Crippen LogP contribution in [0.4, 0.5) is 0 Å². The van der Waals surface area contributed by atoms with E-state index in [1.165, 1.54) is 77.6 Å². The largest absolute Gasteiger partial charge is 0.481 e. The fourth-order valence-corrected chi connectivity index (χ4v) is 3.10. The normalized spacial score (nSPS) is 12.6. The third-order valence-electron chi connectivity index (χ3n) is 4.79. The van der Waals surface area contributed by atoms with Crippen LogP contribution in [0.3, 0.4) is 0 Å². The summed E-state index contributed by atoms with van der Waals surface area (Å²) in [5.41, 5.74) is 0. The summed E-state index contributed by atoms with van der Waals surface area (Å²) in [5.74, 6) is -1.99. The molecule has 0 aromatic carbocycles. The van der Waals surface area contributed by atoms with Gasteiger partial charge in [0.15, 0.2) is 0 Å². The van der Waals surface area contributed by atoms with Crippen molar-refractivity contribution < 1.29 is 14.7 Å². The maximum atomic E-state index is 11.2. The lowest BCUT2D eigenvalue weighted by molar-refractivity contribution is -0.146. The first-order valence-corrected chi connectivity index (χ1v) is 10.5. The van der Waals surface area contributed by atoms with Gasteiger partial charge in [0.05, 0.1) is 0 Å². The minimum atomic E-state index is -0.972. The summed E-state index contributed by atoms with van der Waals surface area (Å²) in [6.45, 7) is 3.63. The van der Waals surface area contributed by atoms with Gasteiger partial charge in [-0.15, -0.1) is 0 Å². The highest BCUT2D eigenvalue weighted by Gasteiger charge is 2.21. The number of Topliss-reactive ketones (excluding diaryl/α,β-unsaturated/α-hetero) is 1. The second-order valence-corrected chi connectivity index (χ2v) is 7.23. The van der Waals surface area contributed by atoms with Gasteiger partial charge in [0.25, 0.3) is 0 Å². The predicted molar refractivity (Wildman–Crippen MR) is 106 cm³/mol. The molecular formula is C22H40O3. The highest BCUT2D eigenvalue weighted by atomic mass is 16.4. The van der Waals surface area contributed by atoms with E-state index < -0.39 is 11.9 Å². The van der Waals surface area contributed by atoms with Gasteiger partial charge in [0.2, 0.25) is 0 Å². The van der Waals surface area contributed by atoms with Crippen LogP contribution in [0.25, 0.3) is 0 Å². The molecule has 25 heavy (non-hydrogen) atoms. The quantitative estimate of drug-likeness (QED) is 0.169. The molecule has 0 aromatic heterocycles. The Morgan fingerprint density at radius 3 is 1.64 bits per heavy atom. The van der Waals surface area contributed by atoms with Gasteiger partial charge in [-0.3, -0.25) is 9.59 Å². The third kappa shape index (κ3) is 16.1. The number of aliphatic carboxylic acids is 1. The van der Waals surface area contributed by atoms with Crippen LogP contribution in [0, 0.1) is 5.92 Å². The molecule has 0 fully saturated rings. The Hall–Kier alpha value is -1.12. The maximum absolute atomic E-state index is 11.2. The average Bonchev–Trinajstić information content (AvgIpc) is 2.57. The molecule has 0 aliphatic rings. The number of allylic oxidation sites excluding steroid dienone is 2. The Balaban J connectivity index is 3.32. The lowest BCUT2D eigenvalue weighted by atomic mass is 9.97. The highest BCUT2D eigenvalue weighted by Crippen LogP contribution is 2.14. The first-order chi connectivity index (χ1) is 12.1. The molecule has 0 amide bonds. The van der Waals surface area contributed by atoms with E-state index in [-0.39, 0.29) is 5.78 Å². The summed E-state index contributed by atoms with van der Waals surface area (Å²) in [6, 6.07) is 0. The Morgan fingerprint density at radius 2 is 1.20 bits per heavy atom. The van der Waals surface area contributed by atoms with Crippen LogP contribution in [-0.4, -0.2) is 16.9 Å². The summed E-state index contributed by atoms with van der Waals surface area (Å²) in [7, 11) is 0. The number of unbranched alkanes of at least 4 members (excludes halogenated alkanes) is 12. The van der Waals surface area contributed by atoms with Crippen molar-refractivity contribution in [1.29, 1.82) is 0 Å². The van der Waals surface area contributed by atoms with Gasteiger partial charge in [-0.2, -0.15) is 0 Å². The fraction of sp³-hybridized carbons (Fsp3) is 0.818. The summed E-state index contributed by atoms with van der Waals surface area (Å²) < 4.78 is 0. The van der Waals surface area contributed by atoms with Crippen LogP contribution in [0.15, 0.2) is 12.2 Å². The first-order valence-electron chi connectivity index (χ1n) is 10.5. The van der Waals surface area contributed by atoms with Gasteiger partial charge in [-0.25, -0.2) is 0 Å². The van der Waals surface area contributed by atoms with Crippen molar-refractivity contribution in [2.45, 2.75) is 110 Å². The Bertz CT molecular complexity index is 346. The number of ketones is 1. The van der Waals surface area contributed by atoms with Gasteiger partial charge >= 0.3 is 5.97 Å². The van der Waals surface area contributed by atoms with Crippen LogP contribution in [0.2, 0.25) is 0 Å². The van der Waals surface area contributed by atoms with Crippen molar-refractivity contribution in [3.8, 4) is 0 Å². The Morgan fingerprint density at radius 1 is 0.760 bits per heavy atom. The molecule has 0 rings (SSSR count). The number of rotatable bonds is 18. The standard InChI is InChI=1S/C22H40O3/c1-3-4-5-6-7-8-9-10-11-12-13-14-15-16-17-18-19-21(20(2)23)22(24)25/h10-11,21H,3-9,12-19H2,1-2H3,(H,24,25)/b11-10-. The first kappa shape index (κ1) is 23.9. The summed E-state index contributed by atoms with van der Waals surface area (Å²) in [4.78, 5) is 22.1. The number of carboxylic acid groups (broad SMARTS) is 1. The fourth-order valence-electron chi connectivity index (χ4n) is 3.10. The van der Waals surface area contributed by atoms with E-state index in [0.717, 1.165) is 19.3 Å². The van der Waals surface area contributed by atoms with Crippen molar-refractivity contribution >= 4 is 11.8 Å². The molecule has 0 spiro atoms. The van der Waals surface area contributed by atoms with Gasteiger partial charge in [0.1, 0.15) is 11.7 Å². The van der Waals surface area contributed by atoms with Gasteiger partial charge < -0.3 is 5.11 Å². The zero-order valence-corrected chi connectivity index (χ0v) is 16.6. The van der Waals surface area contributed by atoms with Crippen molar-refractivity contribution in [1.82, 2.24) is 0 Å². The van der Waals surface area contributed by atoms with E-state index in [9.17, 15) is 9.59 Å². The van der Waals surface area contributed by atoms with E-state index in [4.69, 9.17) is 5.11 Å². The summed E-state index contributed by atoms with van der Waals surface area (Å²) in [5, 5.41) is 8.94. The van der Waals surface area contributed by atoms with Crippen LogP contribution in [0.1, 0.15) is 110 Å². The molecule has 0 aliphatic carbocycles. The zero-order chi connectivity index (χ0) is 18.8. The Labute approximate surface area is 155 Å². The van der Waals surface area contributed by atoms with E-state index in [1.54, 1.807) is 0 Å². The molecule has 0 aliphatic heterocycles. The maximum Gasteiger partial charge on any atom is 0.314 e. The molecule has 1 atom stereocenters. The van der Waals surface area contributed by atoms with E-state index in [0.29, 0.717) is 6.42 Å². The summed E-state index contributed by atoms with van der Waals surface area (Å²) in [6.07, 6.45) is 22.5. The van der Waals surface area contributed by atoms with Crippen LogP contribution < -0.4 is 0 Å². The van der Waals surface area contributed by atoms with E-state index in [1.807, 2.05) is 0 Å². The minimum absolute atomic E-state index is 0.222.